The molecule has 6 rings (SSSR count). The minimum atomic E-state index is -3.84. The zero-order valence-corrected chi connectivity index (χ0v) is 19.0. The Morgan fingerprint density at radius 3 is 1.61 bits per heavy atom. The molecule has 7 heteroatoms. The molecule has 6 aromatic rings. The van der Waals surface area contributed by atoms with Crippen molar-refractivity contribution < 1.29 is 16.8 Å². The number of benzene rings is 5. The van der Waals surface area contributed by atoms with Crippen LogP contribution < -0.4 is 4.49 Å². The second kappa shape index (κ2) is 7.78. The summed E-state index contributed by atoms with van der Waals surface area (Å²) in [6.45, 7) is 0. The molecular weight excluding hydrogens is 453 g/mol. The first-order valence-electron chi connectivity index (χ1n) is 10.4. The summed E-state index contributed by atoms with van der Waals surface area (Å²) in [5, 5.41) is 5.94. The Labute approximate surface area is 190 Å². The number of rotatable bonds is 3. The molecule has 162 valence electrons. The van der Waals surface area contributed by atoms with E-state index < -0.39 is 18.2 Å². The van der Waals surface area contributed by atoms with Crippen molar-refractivity contribution >= 4 is 61.7 Å². The summed E-state index contributed by atoms with van der Waals surface area (Å²) in [6, 6.07) is 32.1. The zero-order valence-electron chi connectivity index (χ0n) is 17.3. The van der Waals surface area contributed by atoms with E-state index in [1.54, 1.807) is 30.3 Å². The zero-order chi connectivity index (χ0) is 22.4. The van der Waals surface area contributed by atoms with E-state index in [1.807, 2.05) is 72.8 Å². The van der Waals surface area contributed by atoms with E-state index in [-0.39, 0.29) is 4.90 Å². The van der Waals surface area contributed by atoms with Gasteiger partial charge in [0, 0.05) is 10.8 Å². The van der Waals surface area contributed by atoms with Gasteiger partial charge in [0.15, 0.2) is 0 Å². The highest BCUT2D eigenvalue weighted by Gasteiger charge is 2.19. The highest BCUT2D eigenvalue weighted by atomic mass is 32.2. The van der Waals surface area contributed by atoms with E-state index >= 15 is 0 Å². The van der Waals surface area contributed by atoms with Crippen LogP contribution in [0.25, 0.3) is 43.5 Å². The average Bonchev–Trinajstić information content (AvgIpc) is 3.00. The molecule has 5 nitrogen and oxygen atoms in total. The second-order valence-corrected chi connectivity index (χ2v) is 10.8. The third kappa shape index (κ3) is 3.49. The van der Waals surface area contributed by atoms with Crippen molar-refractivity contribution in [1.29, 1.82) is 0 Å². The molecule has 0 bridgehead atoms. The fourth-order valence-electron chi connectivity index (χ4n) is 4.16. The van der Waals surface area contributed by atoms with Crippen molar-refractivity contribution in [3.63, 3.8) is 0 Å². The standard InChI is InChI=1S/C26H18NO4PS/c28-33(29,20-10-2-1-3-11-20)27-32-30-23-16-14-18-8-4-6-12-21(18)25(23)26-22-13-7-5-9-19(22)15-17-24(26)31-32/h1-17,27H. The van der Waals surface area contributed by atoms with Crippen LogP contribution in [-0.4, -0.2) is 8.42 Å². The van der Waals surface area contributed by atoms with Gasteiger partial charge in [0.25, 0.3) is 10.0 Å². The van der Waals surface area contributed by atoms with Gasteiger partial charge in [-0.3, -0.25) is 0 Å². The maximum atomic E-state index is 13.0. The Morgan fingerprint density at radius 1 is 0.576 bits per heavy atom. The van der Waals surface area contributed by atoms with Crippen molar-refractivity contribution in [3.8, 4) is 0 Å². The third-order valence-corrected chi connectivity index (χ3v) is 8.82. The fraction of sp³-hybridized carbons (Fsp3) is 0. The van der Waals surface area contributed by atoms with Gasteiger partial charge in [-0.25, -0.2) is 8.42 Å². The van der Waals surface area contributed by atoms with E-state index in [0.29, 0.717) is 11.2 Å². The predicted octanol–water partition coefficient (Wildman–Crippen LogP) is 7.53. The van der Waals surface area contributed by atoms with Crippen LogP contribution in [-0.2, 0) is 10.0 Å². The van der Waals surface area contributed by atoms with Gasteiger partial charge in [-0.1, -0.05) is 78.9 Å². The van der Waals surface area contributed by atoms with Crippen LogP contribution >= 0.6 is 8.16 Å². The normalized spacial score (nSPS) is 12.0. The summed E-state index contributed by atoms with van der Waals surface area (Å²) in [4.78, 5) is 0.154. The van der Waals surface area contributed by atoms with E-state index in [9.17, 15) is 8.42 Å². The molecule has 0 aliphatic carbocycles. The summed E-state index contributed by atoms with van der Waals surface area (Å²) in [7, 11) is -5.87. The number of hydrogen-bond donors (Lipinski definition) is 1. The van der Waals surface area contributed by atoms with Crippen LogP contribution in [0.4, 0.5) is 0 Å². The molecule has 1 N–H and O–H groups in total. The lowest BCUT2D eigenvalue weighted by atomic mass is 9.99. The SMILES string of the molecule is O=S(=O)(Np1oc2ccc3ccccc3c2c2c(ccc3ccccc32)o1)c1ccccc1. The van der Waals surface area contributed by atoms with Crippen molar-refractivity contribution in [1.82, 2.24) is 0 Å². The van der Waals surface area contributed by atoms with Crippen molar-refractivity contribution in [2.75, 3.05) is 4.49 Å². The first kappa shape index (κ1) is 20.1. The highest BCUT2D eigenvalue weighted by Crippen LogP contribution is 2.40. The number of fused-ring (bicyclic) bond motifs is 7. The first-order chi connectivity index (χ1) is 16.1. The lowest BCUT2D eigenvalue weighted by Crippen LogP contribution is -2.09. The third-order valence-electron chi connectivity index (χ3n) is 5.64. The Balaban J connectivity index is 1.74. The lowest BCUT2D eigenvalue weighted by molar-refractivity contribution is 0.599. The van der Waals surface area contributed by atoms with Crippen LogP contribution in [0.1, 0.15) is 0 Å². The smallest absolute Gasteiger partial charge is 0.321 e. The largest absolute Gasteiger partial charge is 0.407 e. The molecule has 0 fully saturated rings. The van der Waals surface area contributed by atoms with Crippen LogP contribution in [0.5, 0.6) is 0 Å². The number of sulfonamides is 1. The number of hydrogen-bond acceptors (Lipinski definition) is 4. The van der Waals surface area contributed by atoms with Crippen molar-refractivity contribution in [2.45, 2.75) is 4.90 Å². The molecule has 0 radical (unpaired) electrons. The Bertz CT molecular complexity index is 1710. The molecule has 0 saturated carbocycles. The molecule has 0 spiro atoms. The van der Waals surface area contributed by atoms with Crippen LogP contribution in [0.3, 0.4) is 0 Å². The van der Waals surface area contributed by atoms with E-state index in [0.717, 1.165) is 32.3 Å². The Kier molecular flexibility index (Phi) is 4.73. The maximum Gasteiger partial charge on any atom is 0.321 e. The summed E-state index contributed by atoms with van der Waals surface area (Å²) >= 11 is 0. The molecule has 0 amide bonds. The first-order valence-corrected chi connectivity index (χ1v) is 13.0. The average molecular weight is 471 g/mol. The quantitative estimate of drug-likeness (QED) is 0.290. The molecule has 0 aliphatic heterocycles. The second-order valence-electron chi connectivity index (χ2n) is 7.67. The van der Waals surface area contributed by atoms with E-state index in [4.69, 9.17) is 8.39 Å². The molecule has 0 saturated heterocycles. The Hall–Kier alpha value is -3.57. The van der Waals surface area contributed by atoms with Crippen LogP contribution in [0.2, 0.25) is 0 Å². The van der Waals surface area contributed by atoms with Gasteiger partial charge in [-0.05, 0) is 45.8 Å². The van der Waals surface area contributed by atoms with Gasteiger partial charge in [0.1, 0.15) is 11.2 Å². The monoisotopic (exact) mass is 471 g/mol. The summed E-state index contributed by atoms with van der Waals surface area (Å²) < 4.78 is 41.0. The minimum absolute atomic E-state index is 0.154. The molecule has 0 aliphatic rings. The summed E-state index contributed by atoms with van der Waals surface area (Å²) in [5.74, 6) is 0. The minimum Gasteiger partial charge on any atom is -0.407 e. The van der Waals surface area contributed by atoms with Crippen LogP contribution in [0, 0.1) is 0 Å². The van der Waals surface area contributed by atoms with Gasteiger partial charge in [0.05, 0.1) is 4.90 Å². The molecule has 0 atom stereocenters. The summed E-state index contributed by atoms with van der Waals surface area (Å²) in [5.41, 5.74) is 1.15. The number of nitrogens with one attached hydrogen (secondary N) is 1. The van der Waals surface area contributed by atoms with Crippen LogP contribution in [0.15, 0.2) is 116 Å². The van der Waals surface area contributed by atoms with E-state index in [1.165, 1.54) is 0 Å². The molecule has 1 aromatic heterocycles. The fourth-order valence-corrected chi connectivity index (χ4v) is 6.88. The Morgan fingerprint density at radius 2 is 1.06 bits per heavy atom. The topological polar surface area (TPSA) is 72.5 Å². The maximum absolute atomic E-state index is 13.0. The predicted molar refractivity (Wildman–Crippen MR) is 134 cm³/mol. The highest BCUT2D eigenvalue weighted by molar-refractivity contribution is 7.97. The molecule has 33 heavy (non-hydrogen) atoms. The lowest BCUT2D eigenvalue weighted by Gasteiger charge is -2.05. The van der Waals surface area contributed by atoms with E-state index in [2.05, 4.69) is 4.49 Å². The molecule has 5 aromatic carbocycles. The van der Waals surface area contributed by atoms with Gasteiger partial charge < -0.3 is 8.39 Å². The molecule has 1 heterocycles. The molecule has 0 unspecified atom stereocenters. The van der Waals surface area contributed by atoms with Crippen molar-refractivity contribution in [2.24, 2.45) is 0 Å². The molecular formula is C26H18NO4PS. The van der Waals surface area contributed by atoms with Gasteiger partial charge in [-0.2, -0.15) is 0 Å². The van der Waals surface area contributed by atoms with Gasteiger partial charge in [-0.15, -0.1) is 4.49 Å². The summed E-state index contributed by atoms with van der Waals surface area (Å²) in [6.07, 6.45) is 0. The van der Waals surface area contributed by atoms with Gasteiger partial charge in [0.2, 0.25) is 0 Å². The van der Waals surface area contributed by atoms with Crippen molar-refractivity contribution in [3.05, 3.63) is 103 Å². The van der Waals surface area contributed by atoms with Gasteiger partial charge >= 0.3 is 8.16 Å².